The third-order valence-electron chi connectivity index (χ3n) is 14.3. The van der Waals surface area contributed by atoms with Crippen LogP contribution in [-0.4, -0.2) is 116 Å². The number of benzene rings is 1. The van der Waals surface area contributed by atoms with Crippen molar-refractivity contribution in [3.63, 3.8) is 0 Å². The zero-order valence-corrected chi connectivity index (χ0v) is 40.0. The number of cyclic esters (lactones) is 1. The number of ether oxygens (including phenoxy) is 6. The first-order valence-electron chi connectivity index (χ1n) is 23.9. The predicted octanol–water partition coefficient (Wildman–Crippen LogP) is 8.24. The van der Waals surface area contributed by atoms with Gasteiger partial charge in [-0.3, -0.25) is 14.4 Å². The fraction of sp³-hybridized carbons (Fsp3) is 0.692. The van der Waals surface area contributed by atoms with Gasteiger partial charge in [0.1, 0.15) is 24.0 Å². The van der Waals surface area contributed by atoms with Gasteiger partial charge in [0.15, 0.2) is 0 Å². The third-order valence-corrected chi connectivity index (χ3v) is 14.3. The van der Waals surface area contributed by atoms with Crippen LogP contribution in [0.25, 0.3) is 6.08 Å². The number of carbonyl (C=O) groups excluding carboxylic acids is 4. The van der Waals surface area contributed by atoms with Crippen LogP contribution in [0.1, 0.15) is 124 Å². The fourth-order valence-electron chi connectivity index (χ4n) is 10.5. The van der Waals surface area contributed by atoms with Crippen LogP contribution in [0.4, 0.5) is 0 Å². The molecule has 3 heterocycles. The maximum atomic E-state index is 14.5. The van der Waals surface area contributed by atoms with Crippen molar-refractivity contribution < 1.29 is 52.7 Å². The van der Waals surface area contributed by atoms with E-state index in [0.717, 1.165) is 36.0 Å². The molecule has 12 nitrogen and oxygen atoms in total. The van der Waals surface area contributed by atoms with E-state index in [1.165, 1.54) is 4.90 Å². The molecule has 1 aliphatic carbocycles. The van der Waals surface area contributed by atoms with Gasteiger partial charge >= 0.3 is 5.97 Å². The van der Waals surface area contributed by atoms with E-state index < -0.39 is 59.8 Å². The van der Waals surface area contributed by atoms with Gasteiger partial charge in [0.25, 0.3) is 11.7 Å². The van der Waals surface area contributed by atoms with E-state index in [0.29, 0.717) is 58.0 Å². The first-order chi connectivity index (χ1) is 30.6. The zero-order valence-electron chi connectivity index (χ0n) is 40.0. The Balaban J connectivity index is 1.42. The molecule has 12 heteroatoms. The summed E-state index contributed by atoms with van der Waals surface area (Å²) in [6.45, 7) is 12.4. The number of ketones is 2. The van der Waals surface area contributed by atoms with Gasteiger partial charge < -0.3 is 38.4 Å². The van der Waals surface area contributed by atoms with Crippen molar-refractivity contribution in [3.05, 3.63) is 65.3 Å². The summed E-state index contributed by atoms with van der Waals surface area (Å²) >= 11 is 0. The minimum Gasteiger partial charge on any atom is -0.456 e. The molecule has 1 N–H and O–H groups in total. The van der Waals surface area contributed by atoms with Gasteiger partial charge in [-0.1, -0.05) is 87.9 Å². The van der Waals surface area contributed by atoms with Crippen LogP contribution < -0.4 is 0 Å². The van der Waals surface area contributed by atoms with Crippen LogP contribution in [0.5, 0.6) is 0 Å². The van der Waals surface area contributed by atoms with Gasteiger partial charge in [0.05, 0.1) is 31.0 Å². The number of carbonyl (C=O) groups is 4. The second kappa shape index (κ2) is 24.3. The second-order valence-electron chi connectivity index (χ2n) is 19.2. The second-order valence-corrected chi connectivity index (χ2v) is 19.2. The summed E-state index contributed by atoms with van der Waals surface area (Å²) < 4.78 is 36.8. The molecule has 2 saturated heterocycles. The van der Waals surface area contributed by atoms with E-state index in [2.05, 4.69) is 37.3 Å². The maximum absolute atomic E-state index is 14.5. The Hall–Kier alpha value is -3.52. The number of piperidine rings is 1. The summed E-state index contributed by atoms with van der Waals surface area (Å²) in [6, 6.07) is 9.06. The summed E-state index contributed by atoms with van der Waals surface area (Å²) in [5.41, 5.74) is 3.06. The first kappa shape index (κ1) is 51.5. The summed E-state index contributed by atoms with van der Waals surface area (Å²) in [6.07, 6.45) is 12.4. The summed E-state index contributed by atoms with van der Waals surface area (Å²) in [4.78, 5) is 58.3. The molecule has 1 saturated carbocycles. The van der Waals surface area contributed by atoms with Gasteiger partial charge in [-0.2, -0.15) is 0 Å². The molecule has 4 aliphatic rings. The molecular weight excluding hydrogens is 815 g/mol. The normalized spacial score (nSPS) is 35.9. The average molecular weight is 892 g/mol. The molecule has 1 aromatic rings. The monoisotopic (exact) mass is 892 g/mol. The lowest BCUT2D eigenvalue weighted by molar-refractivity contribution is -0.302. The Kier molecular flexibility index (Phi) is 19.5. The maximum Gasteiger partial charge on any atom is 0.329 e. The molecule has 0 aromatic heterocycles. The number of Topliss-reactive ketones (excluding diaryl/α,β-unsaturated/α-hetero) is 2. The van der Waals surface area contributed by atoms with Gasteiger partial charge in [-0.15, -0.1) is 0 Å². The van der Waals surface area contributed by atoms with Crippen LogP contribution in [-0.2, 0) is 47.6 Å². The number of allylic oxidation sites excluding steroid dienone is 3. The highest BCUT2D eigenvalue weighted by molar-refractivity contribution is 6.39. The molecule has 0 radical (unpaired) electrons. The van der Waals surface area contributed by atoms with E-state index in [-0.39, 0.29) is 54.6 Å². The Morgan fingerprint density at radius 3 is 2.28 bits per heavy atom. The van der Waals surface area contributed by atoms with Crippen molar-refractivity contribution in [1.29, 1.82) is 0 Å². The van der Waals surface area contributed by atoms with Crippen LogP contribution in [0.15, 0.2) is 59.7 Å². The number of methoxy groups -OCH3 is 3. The lowest BCUT2D eigenvalue weighted by Crippen LogP contribution is -2.64. The number of nitrogens with zero attached hydrogens (tertiary/aromatic N) is 1. The quantitative estimate of drug-likeness (QED) is 0.138. The molecule has 13 atom stereocenters. The zero-order chi connectivity index (χ0) is 46.6. The number of esters is 1. The fourth-order valence-corrected chi connectivity index (χ4v) is 10.5. The largest absolute Gasteiger partial charge is 0.456 e. The first-order valence-corrected chi connectivity index (χ1v) is 23.9. The van der Waals surface area contributed by atoms with Crippen LogP contribution in [0.2, 0.25) is 0 Å². The summed E-state index contributed by atoms with van der Waals surface area (Å²) in [7, 11) is 4.83. The van der Waals surface area contributed by atoms with Crippen molar-refractivity contribution in [3.8, 4) is 0 Å². The van der Waals surface area contributed by atoms with E-state index in [1.54, 1.807) is 28.3 Å². The molecule has 1 amide bonds. The van der Waals surface area contributed by atoms with Crippen molar-refractivity contribution in [2.24, 2.45) is 29.6 Å². The van der Waals surface area contributed by atoms with Crippen molar-refractivity contribution in [2.75, 3.05) is 34.5 Å². The van der Waals surface area contributed by atoms with Crippen LogP contribution >= 0.6 is 0 Å². The van der Waals surface area contributed by atoms with E-state index in [4.69, 9.17) is 28.4 Å². The highest BCUT2D eigenvalue weighted by Gasteiger charge is 2.56. The van der Waals surface area contributed by atoms with Gasteiger partial charge in [-0.05, 0) is 113 Å². The topological polar surface area (TPSA) is 147 Å². The number of aliphatic hydroxyl groups is 1. The van der Waals surface area contributed by atoms with E-state index in [1.807, 2.05) is 52.0 Å². The van der Waals surface area contributed by atoms with Crippen molar-refractivity contribution >= 4 is 29.5 Å². The van der Waals surface area contributed by atoms with Crippen LogP contribution in [0, 0.1) is 29.6 Å². The van der Waals surface area contributed by atoms with Crippen molar-refractivity contribution in [2.45, 2.75) is 167 Å². The van der Waals surface area contributed by atoms with Crippen molar-refractivity contribution in [1.82, 2.24) is 4.90 Å². The molecule has 2 bridgehead atoms. The number of rotatable bonds is 10. The Labute approximate surface area is 382 Å². The lowest BCUT2D eigenvalue weighted by Gasteiger charge is -2.47. The Bertz CT molecular complexity index is 1790. The highest BCUT2D eigenvalue weighted by Crippen LogP contribution is 2.39. The SMILES string of the molecule is CCC1C=C(C)CC(C)CC(OC)C2OC(O)(C(=O)C(=O)N3CCCCC3C(=O)OC(C(C)=CC3CCC(OCC=Cc4ccccc4)C(OC)C3)C(C)CCC1=O)C(C)CC2OC. The Morgan fingerprint density at radius 2 is 1.59 bits per heavy atom. The minimum absolute atomic E-state index is 0.0639. The molecule has 64 heavy (non-hydrogen) atoms. The molecule has 5 rings (SSSR count). The van der Waals surface area contributed by atoms with Crippen LogP contribution in [0.3, 0.4) is 0 Å². The minimum atomic E-state index is -2.47. The molecule has 1 aromatic carbocycles. The molecule has 356 valence electrons. The molecule has 3 aliphatic heterocycles. The predicted molar refractivity (Wildman–Crippen MR) is 246 cm³/mol. The molecule has 0 spiro atoms. The number of hydrogen-bond donors (Lipinski definition) is 1. The third kappa shape index (κ3) is 13.1. The van der Waals surface area contributed by atoms with E-state index >= 15 is 0 Å². The van der Waals surface area contributed by atoms with E-state index in [9.17, 15) is 24.3 Å². The summed E-state index contributed by atoms with van der Waals surface area (Å²) in [5.74, 6) is -6.10. The summed E-state index contributed by atoms with van der Waals surface area (Å²) in [5, 5.41) is 12.1. The van der Waals surface area contributed by atoms with Gasteiger partial charge in [0.2, 0.25) is 5.79 Å². The molecular formula is C52H77NO11. The standard InChI is InChI=1S/C52H77NO11/c1-10-40-28-33(2)27-34(3)29-45(60-8)48-46(61-9)31-37(6)52(58,64-48)49(55)50(56)53-25-15-14-20-41(53)51(57)63-47(35(4)21-23-42(40)54)36(5)30-39-22-24-43(44(32-39)59-7)62-26-16-19-38-17-12-11-13-18-38/h11-13,16-19,28,30,34-35,37,39-41,43-48,58H,10,14-15,20-27,29,31-32H2,1-9H3. The van der Waals surface area contributed by atoms with Gasteiger partial charge in [0, 0.05) is 46.1 Å². The van der Waals surface area contributed by atoms with Gasteiger partial charge in [-0.25, -0.2) is 4.79 Å². The Morgan fingerprint density at radius 1 is 0.891 bits per heavy atom. The number of fused-ring (bicyclic) bond motifs is 3. The highest BCUT2D eigenvalue weighted by atomic mass is 16.7. The number of hydrogen-bond acceptors (Lipinski definition) is 11. The molecule has 3 fully saturated rings. The smallest absolute Gasteiger partial charge is 0.329 e. The number of amides is 1. The average Bonchev–Trinajstić information content (AvgIpc) is 3.30. The molecule has 13 unspecified atom stereocenters. The lowest BCUT2D eigenvalue weighted by atomic mass is 9.82.